The molecule has 2 amide bonds. The van der Waals surface area contributed by atoms with Crippen molar-refractivity contribution in [3.63, 3.8) is 0 Å². The van der Waals surface area contributed by atoms with E-state index in [-0.39, 0.29) is 6.03 Å². The summed E-state index contributed by atoms with van der Waals surface area (Å²) in [5.74, 6) is 3.74. The van der Waals surface area contributed by atoms with Crippen LogP contribution in [-0.2, 0) is 7.05 Å². The lowest BCUT2D eigenvalue weighted by atomic mass is 9.99. The molecule has 0 aliphatic carbocycles. The van der Waals surface area contributed by atoms with Gasteiger partial charge in [0.15, 0.2) is 0 Å². The van der Waals surface area contributed by atoms with E-state index in [1.165, 1.54) is 0 Å². The van der Waals surface area contributed by atoms with E-state index >= 15 is 0 Å². The summed E-state index contributed by atoms with van der Waals surface area (Å²) >= 11 is 0. The number of likely N-dealkylation sites (N-methyl/N-ethyl adjacent to an activating group) is 1. The first-order valence-corrected chi connectivity index (χ1v) is 10.1. The van der Waals surface area contributed by atoms with Crippen LogP contribution in [-0.4, -0.2) is 63.2 Å². The van der Waals surface area contributed by atoms with Crippen LogP contribution in [0.3, 0.4) is 0 Å². The fourth-order valence-corrected chi connectivity index (χ4v) is 4.28. The highest BCUT2D eigenvalue weighted by Crippen LogP contribution is 2.33. The van der Waals surface area contributed by atoms with Gasteiger partial charge in [0, 0.05) is 45.8 Å². The molecule has 1 aromatic carbocycles. The highest BCUT2D eigenvalue weighted by atomic mass is 16.2. The standard InChI is InChI=1S/C21H25N7O/c1-4-26-9-10-28(21(26)29)19-11-18(22-14(2)23-19)27-12-15(13-27)20-24-16-7-5-6-8-17(16)25(20)3/h5-8,11,15H,4,9-10,12-13H2,1-3H3. The number of nitrogens with zero attached hydrogens (tertiary/aromatic N) is 7. The number of hydrogen-bond acceptors (Lipinski definition) is 5. The Labute approximate surface area is 169 Å². The van der Waals surface area contributed by atoms with Crippen LogP contribution in [0.5, 0.6) is 0 Å². The van der Waals surface area contributed by atoms with Crippen LogP contribution in [0, 0.1) is 6.92 Å². The minimum atomic E-state index is 0.0257. The van der Waals surface area contributed by atoms with Gasteiger partial charge in [0.25, 0.3) is 0 Å². The van der Waals surface area contributed by atoms with E-state index in [1.807, 2.05) is 36.9 Å². The number of rotatable bonds is 4. The zero-order chi connectivity index (χ0) is 20.1. The second-order valence-electron chi connectivity index (χ2n) is 7.77. The zero-order valence-corrected chi connectivity index (χ0v) is 17.0. The van der Waals surface area contributed by atoms with Gasteiger partial charge in [-0.05, 0) is 26.0 Å². The number of fused-ring (bicyclic) bond motifs is 1. The van der Waals surface area contributed by atoms with Crippen LogP contribution in [0.4, 0.5) is 16.4 Å². The Balaban J connectivity index is 1.36. The van der Waals surface area contributed by atoms with Gasteiger partial charge in [0.2, 0.25) is 0 Å². The van der Waals surface area contributed by atoms with Crippen LogP contribution in [0.25, 0.3) is 11.0 Å². The molecule has 8 nitrogen and oxygen atoms in total. The number of amides is 2. The normalized spacial score (nSPS) is 17.5. The molecular weight excluding hydrogens is 366 g/mol. The lowest BCUT2D eigenvalue weighted by molar-refractivity contribution is 0.223. The van der Waals surface area contributed by atoms with Crippen molar-refractivity contribution in [2.24, 2.45) is 7.05 Å². The molecule has 5 rings (SSSR count). The van der Waals surface area contributed by atoms with Crippen LogP contribution >= 0.6 is 0 Å². The van der Waals surface area contributed by atoms with E-state index in [9.17, 15) is 4.79 Å². The SMILES string of the molecule is CCN1CCN(c2cc(N3CC(c4nc5ccccc5n4C)C3)nc(C)n2)C1=O. The highest BCUT2D eigenvalue weighted by Gasteiger charge is 2.34. The summed E-state index contributed by atoms with van der Waals surface area (Å²) in [6.07, 6.45) is 0. The van der Waals surface area contributed by atoms with Crippen LogP contribution in [0.1, 0.15) is 24.5 Å². The molecule has 29 heavy (non-hydrogen) atoms. The Kier molecular flexibility index (Phi) is 4.15. The maximum Gasteiger partial charge on any atom is 0.325 e. The summed E-state index contributed by atoms with van der Waals surface area (Å²) in [6.45, 7) is 7.74. The molecule has 3 aromatic rings. The Morgan fingerprint density at radius 2 is 1.83 bits per heavy atom. The number of carbonyl (C=O) groups excluding carboxylic acids is 1. The maximum atomic E-state index is 12.5. The van der Waals surface area contributed by atoms with Crippen molar-refractivity contribution in [2.45, 2.75) is 19.8 Å². The quantitative estimate of drug-likeness (QED) is 0.684. The van der Waals surface area contributed by atoms with Crippen molar-refractivity contribution in [1.82, 2.24) is 24.4 Å². The average Bonchev–Trinajstić information content (AvgIpc) is 3.21. The Hall–Kier alpha value is -3.16. The van der Waals surface area contributed by atoms with E-state index in [4.69, 9.17) is 4.98 Å². The smallest absolute Gasteiger partial charge is 0.325 e. The van der Waals surface area contributed by atoms with Gasteiger partial charge in [-0.1, -0.05) is 12.1 Å². The topological polar surface area (TPSA) is 70.4 Å². The number of aryl methyl sites for hydroxylation is 2. The molecule has 0 radical (unpaired) electrons. The molecule has 0 spiro atoms. The van der Waals surface area contributed by atoms with Crippen molar-refractivity contribution in [1.29, 1.82) is 0 Å². The number of carbonyl (C=O) groups is 1. The Morgan fingerprint density at radius 3 is 2.55 bits per heavy atom. The fraction of sp³-hybridized carbons (Fsp3) is 0.429. The van der Waals surface area contributed by atoms with E-state index < -0.39 is 0 Å². The summed E-state index contributed by atoms with van der Waals surface area (Å²) in [6, 6.07) is 10.2. The van der Waals surface area contributed by atoms with Gasteiger partial charge in [-0.3, -0.25) is 4.90 Å². The van der Waals surface area contributed by atoms with Gasteiger partial charge in [-0.2, -0.15) is 0 Å². The van der Waals surface area contributed by atoms with E-state index in [0.29, 0.717) is 24.1 Å². The Morgan fingerprint density at radius 1 is 1.07 bits per heavy atom. The second-order valence-corrected chi connectivity index (χ2v) is 7.77. The molecule has 0 atom stereocenters. The van der Waals surface area contributed by atoms with E-state index in [2.05, 4.69) is 38.6 Å². The summed E-state index contributed by atoms with van der Waals surface area (Å²) < 4.78 is 2.19. The lowest BCUT2D eigenvalue weighted by Crippen LogP contribution is -2.46. The van der Waals surface area contributed by atoms with Gasteiger partial charge in [-0.15, -0.1) is 0 Å². The number of anilines is 2. The largest absolute Gasteiger partial charge is 0.355 e. The number of aromatic nitrogens is 4. The third-order valence-corrected chi connectivity index (χ3v) is 5.96. The number of hydrogen-bond donors (Lipinski definition) is 0. The van der Waals surface area contributed by atoms with Gasteiger partial charge < -0.3 is 14.4 Å². The predicted molar refractivity (Wildman–Crippen MR) is 112 cm³/mol. The summed E-state index contributed by atoms with van der Waals surface area (Å²) in [5, 5.41) is 0. The molecule has 0 saturated carbocycles. The van der Waals surface area contributed by atoms with Crippen LogP contribution in [0.2, 0.25) is 0 Å². The summed E-state index contributed by atoms with van der Waals surface area (Å²) in [4.78, 5) is 32.3. The highest BCUT2D eigenvalue weighted by molar-refractivity contribution is 5.93. The zero-order valence-electron chi connectivity index (χ0n) is 17.0. The third kappa shape index (κ3) is 2.90. The number of urea groups is 1. The van der Waals surface area contributed by atoms with Crippen molar-refractivity contribution >= 4 is 28.7 Å². The van der Waals surface area contributed by atoms with Gasteiger partial charge in [-0.25, -0.2) is 19.7 Å². The minimum absolute atomic E-state index is 0.0257. The van der Waals surface area contributed by atoms with Crippen molar-refractivity contribution in [3.8, 4) is 0 Å². The van der Waals surface area contributed by atoms with Crippen molar-refractivity contribution < 1.29 is 4.79 Å². The summed E-state index contributed by atoms with van der Waals surface area (Å²) in [7, 11) is 2.08. The minimum Gasteiger partial charge on any atom is -0.355 e. The third-order valence-electron chi connectivity index (χ3n) is 5.96. The molecule has 4 heterocycles. The number of para-hydroxylation sites is 2. The molecular formula is C21H25N7O. The monoisotopic (exact) mass is 391 g/mol. The van der Waals surface area contributed by atoms with Gasteiger partial charge in [0.1, 0.15) is 23.3 Å². The second kappa shape index (κ2) is 6.72. The molecule has 2 aromatic heterocycles. The van der Waals surface area contributed by atoms with Crippen molar-refractivity contribution in [3.05, 3.63) is 42.0 Å². The fourth-order valence-electron chi connectivity index (χ4n) is 4.28. The molecule has 2 aliphatic heterocycles. The maximum absolute atomic E-state index is 12.5. The molecule has 150 valence electrons. The van der Waals surface area contributed by atoms with E-state index in [0.717, 1.165) is 48.9 Å². The molecule has 2 aliphatic rings. The first-order chi connectivity index (χ1) is 14.0. The Bertz CT molecular complexity index is 1090. The van der Waals surface area contributed by atoms with Gasteiger partial charge >= 0.3 is 6.03 Å². The lowest BCUT2D eigenvalue weighted by Gasteiger charge is -2.40. The van der Waals surface area contributed by atoms with Crippen LogP contribution in [0.15, 0.2) is 30.3 Å². The molecule has 0 unspecified atom stereocenters. The van der Waals surface area contributed by atoms with Crippen LogP contribution < -0.4 is 9.80 Å². The predicted octanol–water partition coefficient (Wildman–Crippen LogP) is 2.54. The van der Waals surface area contributed by atoms with Gasteiger partial charge in [0.05, 0.1) is 17.0 Å². The molecule has 8 heteroatoms. The van der Waals surface area contributed by atoms with Crippen molar-refractivity contribution in [2.75, 3.05) is 42.5 Å². The number of benzene rings is 1. The number of imidazole rings is 1. The average molecular weight is 391 g/mol. The summed E-state index contributed by atoms with van der Waals surface area (Å²) in [5.41, 5.74) is 2.20. The molecule has 2 saturated heterocycles. The molecule has 0 N–H and O–H groups in total. The first kappa shape index (κ1) is 17.9. The first-order valence-electron chi connectivity index (χ1n) is 10.1. The molecule has 2 fully saturated rings. The molecule has 0 bridgehead atoms. The van der Waals surface area contributed by atoms with E-state index in [1.54, 1.807) is 4.90 Å².